The van der Waals surface area contributed by atoms with E-state index >= 15 is 0 Å². The van der Waals surface area contributed by atoms with Crippen molar-refractivity contribution in [1.82, 2.24) is 0 Å². The average Bonchev–Trinajstić information content (AvgIpc) is 2.28. The molecule has 0 saturated heterocycles. The van der Waals surface area contributed by atoms with Crippen molar-refractivity contribution in [3.8, 4) is 0 Å². The van der Waals surface area contributed by atoms with E-state index in [2.05, 4.69) is 4.74 Å². The summed E-state index contributed by atoms with van der Waals surface area (Å²) in [4.78, 5) is 22.5. The van der Waals surface area contributed by atoms with E-state index in [1.165, 1.54) is 7.11 Å². The Bertz CT molecular complexity index is 374. The second-order valence-corrected chi connectivity index (χ2v) is 3.27. The number of carbonyl (C=O) groups is 2. The lowest BCUT2D eigenvalue weighted by Crippen LogP contribution is -2.10. The third-order valence-corrected chi connectivity index (χ3v) is 2.26. The first-order chi connectivity index (χ1) is 7.19. The highest BCUT2D eigenvalue weighted by atomic mass is 35.5. The summed E-state index contributed by atoms with van der Waals surface area (Å²) < 4.78 is 4.61. The van der Waals surface area contributed by atoms with Crippen LogP contribution >= 0.6 is 11.6 Å². The maximum absolute atomic E-state index is 11.3. The fourth-order valence-corrected chi connectivity index (χ4v) is 1.34. The number of carbonyl (C=O) groups excluding carboxylic acids is 2. The van der Waals surface area contributed by atoms with Crippen LogP contribution in [0.4, 0.5) is 0 Å². The fourth-order valence-electron chi connectivity index (χ4n) is 1.24. The van der Waals surface area contributed by atoms with Gasteiger partial charge in [0.25, 0.3) is 0 Å². The Morgan fingerprint density at radius 1 is 1.33 bits per heavy atom. The predicted molar refractivity (Wildman–Crippen MR) is 57.2 cm³/mol. The molecule has 0 fully saturated rings. The van der Waals surface area contributed by atoms with Gasteiger partial charge in [0, 0.05) is 6.42 Å². The van der Waals surface area contributed by atoms with E-state index in [0.29, 0.717) is 11.1 Å². The fraction of sp³-hybridized carbons (Fsp3) is 0.273. The van der Waals surface area contributed by atoms with Crippen molar-refractivity contribution in [3.05, 3.63) is 35.4 Å². The first-order valence-electron chi connectivity index (χ1n) is 4.43. The minimum absolute atomic E-state index is 0.0461. The summed E-state index contributed by atoms with van der Waals surface area (Å²) >= 11 is 5.40. The second kappa shape index (κ2) is 5.51. The molecule has 0 radical (unpaired) electrons. The Balaban J connectivity index is 2.96. The van der Waals surface area contributed by atoms with E-state index in [1.54, 1.807) is 24.3 Å². The van der Waals surface area contributed by atoms with Crippen LogP contribution in [-0.2, 0) is 16.0 Å². The zero-order valence-corrected chi connectivity index (χ0v) is 9.08. The summed E-state index contributed by atoms with van der Waals surface area (Å²) in [5.41, 5.74) is 1.06. The van der Waals surface area contributed by atoms with Gasteiger partial charge in [-0.05, 0) is 11.6 Å². The molecule has 1 aromatic rings. The maximum atomic E-state index is 11.3. The van der Waals surface area contributed by atoms with E-state index in [4.69, 9.17) is 11.6 Å². The summed E-state index contributed by atoms with van der Waals surface area (Å²) in [7, 11) is 1.31. The molecular weight excluding hydrogens is 216 g/mol. The Morgan fingerprint density at radius 2 is 2.00 bits per heavy atom. The largest absolute Gasteiger partial charge is 0.465 e. The predicted octanol–water partition coefficient (Wildman–Crippen LogP) is 1.82. The van der Waals surface area contributed by atoms with E-state index in [1.807, 2.05) is 0 Å². The quantitative estimate of drug-likeness (QED) is 0.581. The third-order valence-electron chi connectivity index (χ3n) is 1.96. The van der Waals surface area contributed by atoms with Gasteiger partial charge < -0.3 is 4.74 Å². The van der Waals surface area contributed by atoms with Gasteiger partial charge in [-0.2, -0.15) is 0 Å². The summed E-state index contributed by atoms with van der Waals surface area (Å²) in [5, 5.41) is 0. The van der Waals surface area contributed by atoms with Gasteiger partial charge in [0.15, 0.2) is 5.78 Å². The number of methoxy groups -OCH3 is 1. The van der Waals surface area contributed by atoms with Gasteiger partial charge in [-0.25, -0.2) is 4.79 Å². The van der Waals surface area contributed by atoms with Gasteiger partial charge in [-0.15, -0.1) is 11.6 Å². The molecular formula is C11H11ClO3. The molecule has 0 saturated carbocycles. The van der Waals surface area contributed by atoms with E-state index in [-0.39, 0.29) is 18.1 Å². The minimum Gasteiger partial charge on any atom is -0.465 e. The summed E-state index contributed by atoms with van der Waals surface area (Å²) in [6.45, 7) is 0. The maximum Gasteiger partial charge on any atom is 0.338 e. The van der Waals surface area contributed by atoms with Gasteiger partial charge in [0.05, 0.1) is 18.6 Å². The lowest BCUT2D eigenvalue weighted by molar-refractivity contribution is -0.116. The SMILES string of the molecule is COC(=O)c1ccccc1CC(=O)CCl. The average molecular weight is 227 g/mol. The summed E-state index contributed by atoms with van der Waals surface area (Å²) in [5.74, 6) is -0.601. The normalized spacial score (nSPS) is 9.73. The zero-order valence-electron chi connectivity index (χ0n) is 8.33. The van der Waals surface area contributed by atoms with E-state index in [9.17, 15) is 9.59 Å². The minimum atomic E-state index is -0.437. The molecule has 0 aliphatic rings. The van der Waals surface area contributed by atoms with Crippen LogP contribution in [0, 0.1) is 0 Å². The molecule has 3 nitrogen and oxygen atoms in total. The topological polar surface area (TPSA) is 43.4 Å². The van der Waals surface area contributed by atoms with Crippen LogP contribution in [0.1, 0.15) is 15.9 Å². The van der Waals surface area contributed by atoms with Crippen molar-refractivity contribution in [2.24, 2.45) is 0 Å². The molecule has 15 heavy (non-hydrogen) atoms. The van der Waals surface area contributed by atoms with Crippen LogP contribution in [0.3, 0.4) is 0 Å². The number of hydrogen-bond acceptors (Lipinski definition) is 3. The van der Waals surface area contributed by atoms with Gasteiger partial charge in [-0.1, -0.05) is 18.2 Å². The Hall–Kier alpha value is -1.35. The number of hydrogen-bond donors (Lipinski definition) is 0. The standard InChI is InChI=1S/C11H11ClO3/c1-15-11(14)10-5-3-2-4-8(10)6-9(13)7-12/h2-5H,6-7H2,1H3. The molecule has 1 rings (SSSR count). The molecule has 4 heteroatoms. The number of ether oxygens (including phenoxy) is 1. The van der Waals surface area contributed by atoms with Crippen LogP contribution in [0.2, 0.25) is 0 Å². The first kappa shape index (κ1) is 11.7. The van der Waals surface area contributed by atoms with Crippen molar-refractivity contribution in [3.63, 3.8) is 0 Å². The lowest BCUT2D eigenvalue weighted by Gasteiger charge is -2.05. The number of esters is 1. The highest BCUT2D eigenvalue weighted by Crippen LogP contribution is 2.11. The molecule has 0 amide bonds. The van der Waals surface area contributed by atoms with Crippen molar-refractivity contribution in [2.75, 3.05) is 13.0 Å². The zero-order chi connectivity index (χ0) is 11.3. The van der Waals surface area contributed by atoms with Gasteiger partial charge in [0.1, 0.15) is 0 Å². The molecule has 0 bridgehead atoms. The third kappa shape index (κ3) is 3.06. The smallest absolute Gasteiger partial charge is 0.338 e. The number of Topliss-reactive ketones (excluding diaryl/α,β-unsaturated/α-hetero) is 1. The monoisotopic (exact) mass is 226 g/mol. The summed E-state index contributed by atoms with van der Waals surface area (Å²) in [6.07, 6.45) is 0.161. The van der Waals surface area contributed by atoms with Crippen molar-refractivity contribution >= 4 is 23.4 Å². The highest BCUT2D eigenvalue weighted by Gasteiger charge is 2.12. The molecule has 0 spiro atoms. The van der Waals surface area contributed by atoms with Gasteiger partial charge in [-0.3, -0.25) is 4.79 Å². The van der Waals surface area contributed by atoms with Crippen molar-refractivity contribution < 1.29 is 14.3 Å². The van der Waals surface area contributed by atoms with Crippen molar-refractivity contribution in [2.45, 2.75) is 6.42 Å². The number of benzene rings is 1. The Morgan fingerprint density at radius 3 is 2.60 bits per heavy atom. The molecule has 0 N–H and O–H groups in total. The summed E-state index contributed by atoms with van der Waals surface area (Å²) in [6, 6.07) is 6.84. The molecule has 0 atom stereocenters. The Kier molecular flexibility index (Phi) is 4.31. The molecule has 0 aliphatic heterocycles. The number of halogens is 1. The molecule has 0 unspecified atom stereocenters. The first-order valence-corrected chi connectivity index (χ1v) is 4.96. The molecule has 80 valence electrons. The molecule has 0 aliphatic carbocycles. The van der Waals surface area contributed by atoms with Crippen LogP contribution in [-0.4, -0.2) is 24.7 Å². The second-order valence-electron chi connectivity index (χ2n) is 3.00. The Labute approximate surface area is 93.0 Å². The van der Waals surface area contributed by atoms with E-state index < -0.39 is 5.97 Å². The van der Waals surface area contributed by atoms with Crippen LogP contribution in [0.15, 0.2) is 24.3 Å². The lowest BCUT2D eigenvalue weighted by atomic mass is 10.0. The molecule has 1 aromatic carbocycles. The molecule has 0 aromatic heterocycles. The van der Waals surface area contributed by atoms with Crippen LogP contribution in [0.5, 0.6) is 0 Å². The van der Waals surface area contributed by atoms with Crippen molar-refractivity contribution in [1.29, 1.82) is 0 Å². The van der Waals surface area contributed by atoms with E-state index in [0.717, 1.165) is 0 Å². The number of rotatable bonds is 4. The number of alkyl halides is 1. The van der Waals surface area contributed by atoms with Gasteiger partial charge in [0.2, 0.25) is 0 Å². The number of ketones is 1. The van der Waals surface area contributed by atoms with Crippen LogP contribution < -0.4 is 0 Å². The molecule has 0 heterocycles. The van der Waals surface area contributed by atoms with Crippen LogP contribution in [0.25, 0.3) is 0 Å². The highest BCUT2D eigenvalue weighted by molar-refractivity contribution is 6.27. The van der Waals surface area contributed by atoms with Gasteiger partial charge >= 0.3 is 5.97 Å².